The lowest BCUT2D eigenvalue weighted by atomic mass is 10.1. The van der Waals surface area contributed by atoms with E-state index in [0.29, 0.717) is 18.9 Å². The van der Waals surface area contributed by atoms with Gasteiger partial charge in [-0.15, -0.1) is 0 Å². The molecule has 1 aromatic rings. The van der Waals surface area contributed by atoms with Crippen molar-refractivity contribution in [1.82, 2.24) is 19.7 Å². The average molecular weight is 250 g/mol. The molecule has 1 aromatic heterocycles. The van der Waals surface area contributed by atoms with Crippen LogP contribution in [0.3, 0.4) is 0 Å². The minimum atomic E-state index is -4.63. The van der Waals surface area contributed by atoms with Gasteiger partial charge >= 0.3 is 6.18 Å². The summed E-state index contributed by atoms with van der Waals surface area (Å²) < 4.78 is 39.2. The van der Waals surface area contributed by atoms with Crippen LogP contribution < -0.4 is 0 Å². The van der Waals surface area contributed by atoms with Gasteiger partial charge in [0.05, 0.1) is 13.1 Å². The van der Waals surface area contributed by atoms with Gasteiger partial charge in [0, 0.05) is 13.1 Å². The van der Waals surface area contributed by atoms with Gasteiger partial charge in [-0.1, -0.05) is 0 Å². The molecule has 17 heavy (non-hydrogen) atoms. The van der Waals surface area contributed by atoms with Crippen LogP contribution in [0.2, 0.25) is 0 Å². The first kappa shape index (κ1) is 12.3. The summed E-state index contributed by atoms with van der Waals surface area (Å²) >= 11 is 0. The molecule has 0 radical (unpaired) electrons. The van der Waals surface area contributed by atoms with Crippen molar-refractivity contribution in [3.8, 4) is 0 Å². The van der Waals surface area contributed by atoms with E-state index < -0.39 is 18.3 Å². The van der Waals surface area contributed by atoms with Crippen LogP contribution in [0.25, 0.3) is 0 Å². The summed E-state index contributed by atoms with van der Waals surface area (Å²) in [5, 5.41) is 13.3. The second-order valence-electron chi connectivity index (χ2n) is 4.38. The van der Waals surface area contributed by atoms with Gasteiger partial charge < -0.3 is 5.11 Å². The van der Waals surface area contributed by atoms with Gasteiger partial charge in [-0.3, -0.25) is 4.90 Å². The molecule has 0 spiro atoms. The third-order valence-electron chi connectivity index (χ3n) is 2.83. The first-order valence-electron chi connectivity index (χ1n) is 5.18. The quantitative estimate of drug-likeness (QED) is 0.826. The molecule has 0 saturated carbocycles. The molecule has 1 aliphatic heterocycles. The zero-order valence-electron chi connectivity index (χ0n) is 9.28. The second kappa shape index (κ2) is 3.95. The minimum absolute atomic E-state index is 0.270. The monoisotopic (exact) mass is 250 g/mol. The van der Waals surface area contributed by atoms with Crippen LogP contribution in [0.1, 0.15) is 12.7 Å². The Morgan fingerprint density at radius 2 is 2.12 bits per heavy atom. The first-order chi connectivity index (χ1) is 7.79. The largest absolute Gasteiger partial charge is 0.418 e. The number of halogens is 3. The van der Waals surface area contributed by atoms with E-state index in [9.17, 15) is 18.3 Å². The number of hydrogen-bond donors (Lipinski definition) is 1. The zero-order valence-corrected chi connectivity index (χ0v) is 9.28. The normalized spacial score (nSPS) is 21.0. The highest BCUT2D eigenvalue weighted by Gasteiger charge is 2.50. The molecule has 0 saturated heterocycles. The maximum atomic E-state index is 12.5. The van der Waals surface area contributed by atoms with E-state index in [1.807, 2.05) is 0 Å². The fourth-order valence-electron chi connectivity index (χ4n) is 1.77. The van der Waals surface area contributed by atoms with E-state index in [1.54, 1.807) is 4.68 Å². The predicted octanol–water partition coefficient (Wildman–Crippen LogP) is 0.407. The number of alkyl halides is 3. The predicted molar refractivity (Wildman–Crippen MR) is 52.0 cm³/mol. The number of β-amino-alcohol motifs (C(OH)–C–C–N with tert-alkyl or cyclic N) is 1. The van der Waals surface area contributed by atoms with Crippen LogP contribution in [-0.2, 0) is 13.1 Å². The summed E-state index contributed by atoms with van der Waals surface area (Å²) in [5.74, 6) is 0.620. The fourth-order valence-corrected chi connectivity index (χ4v) is 1.77. The smallest absolute Gasteiger partial charge is 0.380 e. The van der Waals surface area contributed by atoms with Gasteiger partial charge in [-0.2, -0.15) is 18.3 Å². The van der Waals surface area contributed by atoms with Gasteiger partial charge in [-0.05, 0) is 6.92 Å². The van der Waals surface area contributed by atoms with Gasteiger partial charge in [0.25, 0.3) is 0 Å². The van der Waals surface area contributed by atoms with E-state index in [2.05, 4.69) is 10.1 Å². The Bertz CT molecular complexity index is 401. The summed E-state index contributed by atoms with van der Waals surface area (Å²) in [5.41, 5.74) is -2.70. The minimum Gasteiger partial charge on any atom is -0.380 e. The van der Waals surface area contributed by atoms with Crippen LogP contribution in [0.15, 0.2) is 6.33 Å². The van der Waals surface area contributed by atoms with E-state index in [1.165, 1.54) is 11.2 Å². The van der Waals surface area contributed by atoms with Crippen molar-refractivity contribution in [3.05, 3.63) is 12.2 Å². The van der Waals surface area contributed by atoms with Gasteiger partial charge in [0.1, 0.15) is 12.2 Å². The Kier molecular flexibility index (Phi) is 2.86. The third-order valence-corrected chi connectivity index (χ3v) is 2.83. The molecule has 1 aliphatic rings. The van der Waals surface area contributed by atoms with Crippen molar-refractivity contribution in [3.63, 3.8) is 0 Å². The number of hydrogen-bond acceptors (Lipinski definition) is 4. The molecular weight excluding hydrogens is 237 g/mol. The Morgan fingerprint density at radius 1 is 1.41 bits per heavy atom. The number of aliphatic hydroxyl groups is 1. The summed E-state index contributed by atoms with van der Waals surface area (Å²) in [6, 6.07) is 0. The van der Waals surface area contributed by atoms with Crippen molar-refractivity contribution in [1.29, 1.82) is 0 Å². The third kappa shape index (κ3) is 2.42. The van der Waals surface area contributed by atoms with Crippen molar-refractivity contribution in [2.75, 3.05) is 13.1 Å². The zero-order chi connectivity index (χ0) is 12.7. The molecule has 1 atom stereocenters. The molecule has 96 valence electrons. The maximum Gasteiger partial charge on any atom is 0.418 e. The van der Waals surface area contributed by atoms with Crippen LogP contribution in [-0.4, -0.2) is 49.6 Å². The van der Waals surface area contributed by atoms with E-state index in [-0.39, 0.29) is 6.54 Å². The van der Waals surface area contributed by atoms with Gasteiger partial charge in [-0.25, -0.2) is 9.67 Å². The summed E-state index contributed by atoms with van der Waals surface area (Å²) in [6.45, 7) is 1.51. The Hall–Kier alpha value is -1.15. The molecule has 0 fully saturated rings. The summed E-state index contributed by atoms with van der Waals surface area (Å²) in [6.07, 6.45) is -3.25. The summed E-state index contributed by atoms with van der Waals surface area (Å²) in [7, 11) is 0. The first-order valence-corrected chi connectivity index (χ1v) is 5.18. The Labute approximate surface area is 95.9 Å². The topological polar surface area (TPSA) is 54.2 Å². The van der Waals surface area contributed by atoms with Crippen molar-refractivity contribution >= 4 is 0 Å². The van der Waals surface area contributed by atoms with Crippen LogP contribution in [0.5, 0.6) is 0 Å². The SMILES string of the molecule is CC(O)(CN1CCn2ncnc2C1)C(F)(F)F. The summed E-state index contributed by atoms with van der Waals surface area (Å²) in [4.78, 5) is 5.47. The lowest BCUT2D eigenvalue weighted by Crippen LogP contribution is -2.52. The lowest BCUT2D eigenvalue weighted by molar-refractivity contribution is -0.258. The molecule has 5 nitrogen and oxygen atoms in total. The highest BCUT2D eigenvalue weighted by molar-refractivity contribution is 4.92. The van der Waals surface area contributed by atoms with E-state index in [0.717, 1.165) is 6.92 Å². The molecule has 2 rings (SSSR count). The molecule has 0 aromatic carbocycles. The molecule has 0 amide bonds. The fraction of sp³-hybridized carbons (Fsp3) is 0.778. The Balaban J connectivity index is 2.03. The van der Waals surface area contributed by atoms with Crippen molar-refractivity contribution in [2.45, 2.75) is 31.8 Å². The Morgan fingerprint density at radius 3 is 2.76 bits per heavy atom. The van der Waals surface area contributed by atoms with Crippen LogP contribution >= 0.6 is 0 Å². The van der Waals surface area contributed by atoms with E-state index >= 15 is 0 Å². The molecule has 0 bridgehead atoms. The van der Waals surface area contributed by atoms with Crippen LogP contribution in [0.4, 0.5) is 13.2 Å². The second-order valence-corrected chi connectivity index (χ2v) is 4.38. The molecule has 2 heterocycles. The van der Waals surface area contributed by atoms with Gasteiger partial charge in [0.15, 0.2) is 5.60 Å². The number of aromatic nitrogens is 3. The number of fused-ring (bicyclic) bond motifs is 1. The van der Waals surface area contributed by atoms with Crippen molar-refractivity contribution < 1.29 is 18.3 Å². The number of rotatable bonds is 2. The number of nitrogens with zero attached hydrogens (tertiary/aromatic N) is 4. The standard InChI is InChI=1S/C9H13F3N4O/c1-8(17,9(10,11)12)5-15-2-3-16-7(4-15)13-6-14-16/h6,17H,2-5H2,1H3. The maximum absolute atomic E-state index is 12.5. The van der Waals surface area contributed by atoms with Crippen LogP contribution in [0, 0.1) is 0 Å². The highest BCUT2D eigenvalue weighted by atomic mass is 19.4. The molecule has 1 unspecified atom stereocenters. The van der Waals surface area contributed by atoms with Gasteiger partial charge in [0.2, 0.25) is 0 Å². The average Bonchev–Trinajstić information content (AvgIpc) is 2.62. The molecule has 8 heteroatoms. The molecule has 0 aliphatic carbocycles. The van der Waals surface area contributed by atoms with E-state index in [4.69, 9.17) is 0 Å². The molecular formula is C9H13F3N4O. The highest BCUT2D eigenvalue weighted by Crippen LogP contribution is 2.31. The van der Waals surface area contributed by atoms with Crippen molar-refractivity contribution in [2.24, 2.45) is 0 Å². The molecule has 1 N–H and O–H groups in total. The lowest BCUT2D eigenvalue weighted by Gasteiger charge is -2.34.